The Kier molecular flexibility index (Phi) is 6.15. The first-order chi connectivity index (χ1) is 16.5. The number of rotatable bonds is 9. The molecule has 1 aliphatic rings. The summed E-state index contributed by atoms with van der Waals surface area (Å²) in [7, 11) is 1.88. The van der Waals surface area contributed by atoms with Crippen LogP contribution in [0.2, 0.25) is 0 Å². The SMILES string of the molecule is CNCCNCc1nc2cnc3cc4c(cc3c2n1[C@H](C)COC(F)F)OCc1onc(C)c1-4. The van der Waals surface area contributed by atoms with Gasteiger partial charge in [0.05, 0.1) is 47.7 Å². The normalized spacial score (nSPS) is 13.9. The summed E-state index contributed by atoms with van der Waals surface area (Å²) in [5, 5.41) is 11.3. The Morgan fingerprint density at radius 3 is 2.88 bits per heavy atom. The molecule has 0 saturated heterocycles. The summed E-state index contributed by atoms with van der Waals surface area (Å²) < 4.78 is 43.6. The van der Waals surface area contributed by atoms with E-state index in [1.54, 1.807) is 6.20 Å². The van der Waals surface area contributed by atoms with Crippen LogP contribution in [0.4, 0.5) is 8.78 Å². The van der Waals surface area contributed by atoms with Crippen molar-refractivity contribution in [1.82, 2.24) is 30.3 Å². The quantitative estimate of drug-likeness (QED) is 0.357. The van der Waals surface area contributed by atoms with Crippen molar-refractivity contribution in [3.63, 3.8) is 0 Å². The Labute approximate surface area is 194 Å². The van der Waals surface area contributed by atoms with E-state index in [-0.39, 0.29) is 19.3 Å². The monoisotopic (exact) mass is 472 g/mol. The second-order valence-corrected chi connectivity index (χ2v) is 8.33. The van der Waals surface area contributed by atoms with Gasteiger partial charge in [0, 0.05) is 24.0 Å². The van der Waals surface area contributed by atoms with Gasteiger partial charge in [-0.3, -0.25) is 4.98 Å². The van der Waals surface area contributed by atoms with E-state index in [0.717, 1.165) is 52.2 Å². The molecule has 0 saturated carbocycles. The molecule has 4 heterocycles. The second-order valence-electron chi connectivity index (χ2n) is 8.33. The lowest BCUT2D eigenvalue weighted by molar-refractivity contribution is -0.135. The number of imidazole rings is 1. The zero-order valence-electron chi connectivity index (χ0n) is 19.2. The molecule has 0 radical (unpaired) electrons. The van der Waals surface area contributed by atoms with Crippen LogP contribution in [0.3, 0.4) is 0 Å². The fourth-order valence-electron chi connectivity index (χ4n) is 4.47. The molecule has 0 fully saturated rings. The van der Waals surface area contributed by atoms with Gasteiger partial charge in [-0.25, -0.2) is 4.98 Å². The van der Waals surface area contributed by atoms with Gasteiger partial charge >= 0.3 is 6.61 Å². The molecule has 180 valence electrons. The highest BCUT2D eigenvalue weighted by molar-refractivity contribution is 6.05. The molecule has 0 aliphatic carbocycles. The van der Waals surface area contributed by atoms with Gasteiger partial charge in [0.1, 0.15) is 23.7 Å². The molecule has 4 aromatic rings. The Hall–Kier alpha value is -3.15. The largest absolute Gasteiger partial charge is 0.485 e. The minimum atomic E-state index is -2.84. The first-order valence-electron chi connectivity index (χ1n) is 11.1. The van der Waals surface area contributed by atoms with E-state index in [1.807, 2.05) is 37.6 Å². The molecular weight excluding hydrogens is 446 g/mol. The third-order valence-corrected chi connectivity index (χ3v) is 5.99. The van der Waals surface area contributed by atoms with Crippen LogP contribution in [0.5, 0.6) is 5.75 Å². The first-order valence-corrected chi connectivity index (χ1v) is 11.1. The zero-order chi connectivity index (χ0) is 23.8. The molecule has 1 aliphatic heterocycles. The standard InChI is InChI=1S/C23H26F2N6O3/c1-12(10-33-23(24)25)31-20(9-27-5-4-26-3)29-17-8-28-16-6-15-18(7-14(16)22(17)31)32-11-19-21(15)13(2)30-34-19/h6-8,12,23,26-27H,4-5,9-11H2,1-3H3/t12-/m1/s1. The smallest absolute Gasteiger partial charge is 0.345 e. The number of nitrogens with zero attached hydrogens (tertiary/aromatic N) is 4. The molecule has 0 spiro atoms. The van der Waals surface area contributed by atoms with E-state index in [9.17, 15) is 8.78 Å². The second kappa shape index (κ2) is 9.24. The molecule has 0 unspecified atom stereocenters. The average Bonchev–Trinajstić information content (AvgIpc) is 3.39. The molecule has 11 heteroatoms. The van der Waals surface area contributed by atoms with Crippen LogP contribution < -0.4 is 15.4 Å². The maximum absolute atomic E-state index is 12.8. The van der Waals surface area contributed by atoms with Crippen LogP contribution in [-0.2, 0) is 17.9 Å². The number of hydrogen-bond donors (Lipinski definition) is 2. The van der Waals surface area contributed by atoms with Gasteiger partial charge in [-0.15, -0.1) is 0 Å². The third-order valence-electron chi connectivity index (χ3n) is 5.99. The number of pyridine rings is 1. The third kappa shape index (κ3) is 3.99. The first kappa shape index (κ1) is 22.6. The van der Waals surface area contributed by atoms with Gasteiger partial charge in [-0.05, 0) is 33.0 Å². The number of aryl methyl sites for hydroxylation is 1. The number of hydrogen-bond acceptors (Lipinski definition) is 8. The predicted molar refractivity (Wildman–Crippen MR) is 122 cm³/mol. The molecule has 1 aromatic carbocycles. The lowest BCUT2D eigenvalue weighted by atomic mass is 9.98. The number of fused-ring (bicyclic) bond motifs is 6. The minimum absolute atomic E-state index is 0.152. The fourth-order valence-corrected chi connectivity index (χ4v) is 4.47. The van der Waals surface area contributed by atoms with E-state index >= 15 is 0 Å². The van der Waals surface area contributed by atoms with Crippen molar-refractivity contribution in [2.75, 3.05) is 26.7 Å². The van der Waals surface area contributed by atoms with Gasteiger partial charge in [-0.2, -0.15) is 8.78 Å². The van der Waals surface area contributed by atoms with Crippen LogP contribution in [0.1, 0.15) is 30.2 Å². The number of benzene rings is 1. The van der Waals surface area contributed by atoms with Crippen molar-refractivity contribution in [2.45, 2.75) is 39.7 Å². The number of halogens is 2. The van der Waals surface area contributed by atoms with Crippen molar-refractivity contribution < 1.29 is 22.8 Å². The van der Waals surface area contributed by atoms with Crippen molar-refractivity contribution in [1.29, 1.82) is 0 Å². The van der Waals surface area contributed by atoms with Crippen molar-refractivity contribution in [2.24, 2.45) is 0 Å². The highest BCUT2D eigenvalue weighted by atomic mass is 19.3. The topological polar surface area (TPSA) is 99.3 Å². The summed E-state index contributed by atoms with van der Waals surface area (Å²) >= 11 is 0. The molecule has 5 rings (SSSR count). The lowest BCUT2D eigenvalue weighted by Gasteiger charge is -2.20. The Bertz CT molecular complexity index is 1340. The molecule has 9 nitrogen and oxygen atoms in total. The summed E-state index contributed by atoms with van der Waals surface area (Å²) in [5.41, 5.74) is 4.80. The molecule has 34 heavy (non-hydrogen) atoms. The van der Waals surface area contributed by atoms with Gasteiger partial charge in [-0.1, -0.05) is 5.16 Å². The molecule has 1 atom stereocenters. The molecule has 0 bridgehead atoms. The van der Waals surface area contributed by atoms with Crippen LogP contribution in [0.25, 0.3) is 33.1 Å². The minimum Gasteiger partial charge on any atom is -0.485 e. The maximum atomic E-state index is 12.8. The van der Waals surface area contributed by atoms with E-state index in [4.69, 9.17) is 14.2 Å². The van der Waals surface area contributed by atoms with Crippen molar-refractivity contribution in [3.8, 4) is 16.9 Å². The fraction of sp³-hybridized carbons (Fsp3) is 0.435. The van der Waals surface area contributed by atoms with Crippen LogP contribution in [0, 0.1) is 6.92 Å². The molecule has 0 amide bonds. The van der Waals surface area contributed by atoms with E-state index < -0.39 is 6.61 Å². The lowest BCUT2D eigenvalue weighted by Crippen LogP contribution is -2.26. The number of alkyl halides is 2. The average molecular weight is 472 g/mol. The summed E-state index contributed by atoms with van der Waals surface area (Å²) in [6.45, 7) is 3.04. The van der Waals surface area contributed by atoms with E-state index in [1.165, 1.54) is 0 Å². The summed E-state index contributed by atoms with van der Waals surface area (Å²) in [6, 6.07) is 3.51. The van der Waals surface area contributed by atoms with Gasteiger partial charge < -0.3 is 29.2 Å². The van der Waals surface area contributed by atoms with Gasteiger partial charge in [0.2, 0.25) is 0 Å². The zero-order valence-corrected chi connectivity index (χ0v) is 19.2. The highest BCUT2D eigenvalue weighted by Crippen LogP contribution is 2.42. The van der Waals surface area contributed by atoms with E-state index in [0.29, 0.717) is 23.6 Å². The number of ether oxygens (including phenoxy) is 2. The number of likely N-dealkylation sites (N-methyl/N-ethyl adjacent to an activating group) is 1. The van der Waals surface area contributed by atoms with Crippen LogP contribution in [-0.4, -0.2) is 53.0 Å². The Morgan fingerprint density at radius 2 is 2.09 bits per heavy atom. The van der Waals surface area contributed by atoms with Crippen LogP contribution >= 0.6 is 0 Å². The Morgan fingerprint density at radius 1 is 1.24 bits per heavy atom. The molecular formula is C23H26F2N6O3. The number of nitrogens with one attached hydrogen (secondary N) is 2. The predicted octanol–water partition coefficient (Wildman–Crippen LogP) is 3.55. The van der Waals surface area contributed by atoms with Crippen LogP contribution in [0.15, 0.2) is 22.9 Å². The van der Waals surface area contributed by atoms with Gasteiger partial charge in [0.15, 0.2) is 5.76 Å². The summed E-state index contributed by atoms with van der Waals surface area (Å²) in [4.78, 5) is 9.41. The van der Waals surface area contributed by atoms with E-state index in [2.05, 4.69) is 25.5 Å². The highest BCUT2D eigenvalue weighted by Gasteiger charge is 2.26. The molecule has 3 aromatic heterocycles. The number of aromatic nitrogens is 4. The maximum Gasteiger partial charge on any atom is 0.345 e. The van der Waals surface area contributed by atoms with Gasteiger partial charge in [0.25, 0.3) is 0 Å². The Balaban J connectivity index is 1.65. The van der Waals surface area contributed by atoms with Crippen molar-refractivity contribution >= 4 is 21.9 Å². The summed E-state index contributed by atoms with van der Waals surface area (Å²) in [6.07, 6.45) is 1.71. The van der Waals surface area contributed by atoms with Crippen molar-refractivity contribution in [3.05, 3.63) is 35.6 Å². The molecule has 2 N–H and O–H groups in total. The summed E-state index contributed by atoms with van der Waals surface area (Å²) in [5.74, 6) is 2.10.